The normalized spacial score (nSPS) is 10.5. The van der Waals surface area contributed by atoms with E-state index in [2.05, 4.69) is 60.1 Å². The number of fused-ring (bicyclic) bond motifs is 1. The van der Waals surface area contributed by atoms with E-state index in [1.807, 2.05) is 17.8 Å². The lowest BCUT2D eigenvalue weighted by Crippen LogP contribution is -2.14. The van der Waals surface area contributed by atoms with E-state index in [9.17, 15) is 0 Å². The molecular formula is C19H20N2O4S2. The number of carbonyl (C=O) groups is 2. The number of rotatable bonds is 5. The Balaban J connectivity index is 0.000000380. The van der Waals surface area contributed by atoms with E-state index in [4.69, 9.17) is 24.8 Å². The van der Waals surface area contributed by atoms with Gasteiger partial charge in [-0.15, -0.1) is 11.8 Å². The summed E-state index contributed by atoms with van der Waals surface area (Å²) in [7, 11) is 4.21. The third kappa shape index (κ3) is 6.35. The average Bonchev–Trinajstić information content (AvgIpc) is 3.15. The molecule has 2 heterocycles. The van der Waals surface area contributed by atoms with Crippen molar-refractivity contribution in [3.05, 3.63) is 47.2 Å². The van der Waals surface area contributed by atoms with Crippen LogP contribution in [0.3, 0.4) is 0 Å². The van der Waals surface area contributed by atoms with Crippen LogP contribution in [-0.4, -0.2) is 58.4 Å². The lowest BCUT2D eigenvalue weighted by Gasteiger charge is -2.12. The van der Waals surface area contributed by atoms with Crippen molar-refractivity contribution in [1.82, 2.24) is 9.88 Å². The number of thiophene rings is 1. The molecule has 0 atom stereocenters. The largest absolute Gasteiger partial charge is 0.473 e. The van der Waals surface area contributed by atoms with Crippen LogP contribution >= 0.6 is 23.1 Å². The van der Waals surface area contributed by atoms with Crippen molar-refractivity contribution in [2.24, 2.45) is 0 Å². The van der Waals surface area contributed by atoms with Crippen LogP contribution in [0.15, 0.2) is 52.2 Å². The van der Waals surface area contributed by atoms with Crippen molar-refractivity contribution in [2.45, 2.75) is 5.03 Å². The molecule has 0 aliphatic carbocycles. The van der Waals surface area contributed by atoms with Gasteiger partial charge in [0.05, 0.1) is 5.52 Å². The summed E-state index contributed by atoms with van der Waals surface area (Å²) < 4.78 is 0. The molecule has 0 radical (unpaired) electrons. The maximum absolute atomic E-state index is 9.10. The maximum Gasteiger partial charge on any atom is 0.414 e. The molecule has 2 aromatic heterocycles. The third-order valence-electron chi connectivity index (χ3n) is 3.48. The molecule has 0 fully saturated rings. The molecule has 0 saturated heterocycles. The molecule has 27 heavy (non-hydrogen) atoms. The highest BCUT2D eigenvalue weighted by atomic mass is 32.2. The van der Waals surface area contributed by atoms with Crippen LogP contribution in [0.2, 0.25) is 0 Å². The smallest absolute Gasteiger partial charge is 0.414 e. The van der Waals surface area contributed by atoms with Gasteiger partial charge in [0.1, 0.15) is 5.03 Å². The zero-order chi connectivity index (χ0) is 19.8. The summed E-state index contributed by atoms with van der Waals surface area (Å²) in [6, 6.07) is 12.8. The van der Waals surface area contributed by atoms with Crippen molar-refractivity contribution >= 4 is 45.9 Å². The second-order valence-electron chi connectivity index (χ2n) is 5.81. The van der Waals surface area contributed by atoms with Gasteiger partial charge in [-0.05, 0) is 48.6 Å². The number of para-hydroxylation sites is 1. The van der Waals surface area contributed by atoms with Crippen LogP contribution in [0, 0.1) is 0 Å². The summed E-state index contributed by atoms with van der Waals surface area (Å²) in [6.45, 7) is 1.06. The number of pyridine rings is 1. The second kappa shape index (κ2) is 10.1. The monoisotopic (exact) mass is 404 g/mol. The van der Waals surface area contributed by atoms with Gasteiger partial charge in [0, 0.05) is 23.2 Å². The first-order valence-corrected chi connectivity index (χ1v) is 9.97. The molecule has 0 saturated carbocycles. The molecule has 0 unspecified atom stereocenters. The lowest BCUT2D eigenvalue weighted by molar-refractivity contribution is -0.159. The van der Waals surface area contributed by atoms with Crippen molar-refractivity contribution in [1.29, 1.82) is 0 Å². The Kier molecular flexibility index (Phi) is 7.78. The number of carboxylic acid groups (broad SMARTS) is 2. The summed E-state index contributed by atoms with van der Waals surface area (Å²) in [5.74, 6) is -2.60. The first kappa shape index (κ1) is 20.9. The summed E-state index contributed by atoms with van der Waals surface area (Å²) in [5.41, 5.74) is 3.59. The van der Waals surface area contributed by atoms with Crippen LogP contribution in [0.5, 0.6) is 0 Å². The molecule has 8 heteroatoms. The fraction of sp³-hybridized carbons (Fsp3) is 0.211. The predicted octanol–water partition coefficient (Wildman–Crippen LogP) is 3.77. The lowest BCUT2D eigenvalue weighted by atomic mass is 10.1. The van der Waals surface area contributed by atoms with E-state index in [0.29, 0.717) is 0 Å². The summed E-state index contributed by atoms with van der Waals surface area (Å²) >= 11 is 3.57. The van der Waals surface area contributed by atoms with Gasteiger partial charge in [-0.25, -0.2) is 14.6 Å². The SMILES string of the molecule is CN(C)CCSc1nc2ccccc2cc1-c1ccsc1.O=C(O)C(=O)O. The minimum absolute atomic E-state index is 1.05. The third-order valence-corrected chi connectivity index (χ3v) is 5.14. The van der Waals surface area contributed by atoms with Crippen LogP contribution in [0.25, 0.3) is 22.0 Å². The molecule has 0 aliphatic heterocycles. The molecular weight excluding hydrogens is 384 g/mol. The number of aromatic nitrogens is 1. The molecule has 3 aromatic rings. The van der Waals surface area contributed by atoms with Crippen molar-refractivity contribution in [3.8, 4) is 11.1 Å². The van der Waals surface area contributed by atoms with Gasteiger partial charge in [0.15, 0.2) is 0 Å². The molecule has 0 amide bonds. The van der Waals surface area contributed by atoms with Crippen molar-refractivity contribution in [3.63, 3.8) is 0 Å². The Morgan fingerprint density at radius 3 is 2.44 bits per heavy atom. The van der Waals surface area contributed by atoms with E-state index < -0.39 is 11.9 Å². The summed E-state index contributed by atoms with van der Waals surface area (Å²) in [4.78, 5) is 25.3. The molecule has 142 valence electrons. The van der Waals surface area contributed by atoms with Gasteiger partial charge in [0.2, 0.25) is 0 Å². The zero-order valence-electron chi connectivity index (χ0n) is 15.0. The number of carboxylic acids is 2. The molecule has 0 aliphatic rings. The molecule has 3 rings (SSSR count). The van der Waals surface area contributed by atoms with Gasteiger partial charge >= 0.3 is 11.9 Å². The zero-order valence-corrected chi connectivity index (χ0v) is 16.6. The predicted molar refractivity (Wildman–Crippen MR) is 110 cm³/mol. The average molecular weight is 405 g/mol. The number of hydrogen-bond acceptors (Lipinski definition) is 6. The highest BCUT2D eigenvalue weighted by Crippen LogP contribution is 2.33. The van der Waals surface area contributed by atoms with Crippen LogP contribution in [0.1, 0.15) is 0 Å². The van der Waals surface area contributed by atoms with E-state index >= 15 is 0 Å². The Morgan fingerprint density at radius 2 is 1.85 bits per heavy atom. The van der Waals surface area contributed by atoms with Crippen LogP contribution in [-0.2, 0) is 9.59 Å². The number of nitrogens with zero attached hydrogens (tertiary/aromatic N) is 2. The second-order valence-corrected chi connectivity index (χ2v) is 7.67. The standard InChI is InChI=1S/C17H18N2S2.C2H2O4/c1-19(2)8-10-21-17-15(14-7-9-20-12-14)11-13-5-3-4-6-16(13)18-17;3-1(4)2(5)6/h3-7,9,11-12H,8,10H2,1-2H3;(H,3,4)(H,5,6). The molecule has 6 nitrogen and oxygen atoms in total. The fourth-order valence-electron chi connectivity index (χ4n) is 2.16. The van der Waals surface area contributed by atoms with E-state index in [1.54, 1.807) is 11.3 Å². The number of hydrogen-bond donors (Lipinski definition) is 2. The van der Waals surface area contributed by atoms with Crippen LogP contribution < -0.4 is 0 Å². The minimum Gasteiger partial charge on any atom is -0.473 e. The Bertz CT molecular complexity index is 899. The Morgan fingerprint density at radius 1 is 1.15 bits per heavy atom. The number of thioether (sulfide) groups is 1. The first-order chi connectivity index (χ1) is 12.9. The van der Waals surface area contributed by atoms with Gasteiger partial charge in [-0.3, -0.25) is 0 Å². The van der Waals surface area contributed by atoms with Crippen LogP contribution in [0.4, 0.5) is 0 Å². The van der Waals surface area contributed by atoms with Gasteiger partial charge in [-0.1, -0.05) is 18.2 Å². The molecule has 1 aromatic carbocycles. The van der Waals surface area contributed by atoms with Crippen molar-refractivity contribution < 1.29 is 19.8 Å². The summed E-state index contributed by atoms with van der Waals surface area (Å²) in [6.07, 6.45) is 0. The molecule has 0 bridgehead atoms. The van der Waals surface area contributed by atoms with E-state index in [0.717, 1.165) is 22.8 Å². The fourth-order valence-corrected chi connectivity index (χ4v) is 3.96. The van der Waals surface area contributed by atoms with E-state index in [1.165, 1.54) is 16.5 Å². The van der Waals surface area contributed by atoms with Gasteiger partial charge in [-0.2, -0.15) is 11.3 Å². The Labute approximate surface area is 165 Å². The number of aliphatic carboxylic acids is 2. The van der Waals surface area contributed by atoms with Gasteiger partial charge in [0.25, 0.3) is 0 Å². The van der Waals surface area contributed by atoms with E-state index in [-0.39, 0.29) is 0 Å². The number of benzene rings is 1. The quantitative estimate of drug-likeness (QED) is 0.494. The molecule has 0 spiro atoms. The van der Waals surface area contributed by atoms with Crippen molar-refractivity contribution in [2.75, 3.05) is 26.4 Å². The highest BCUT2D eigenvalue weighted by Gasteiger charge is 2.10. The Hall–Kier alpha value is -2.42. The minimum atomic E-state index is -1.82. The van der Waals surface area contributed by atoms with Gasteiger partial charge < -0.3 is 15.1 Å². The summed E-state index contributed by atoms with van der Waals surface area (Å²) in [5, 5.41) is 21.4. The topological polar surface area (TPSA) is 90.7 Å². The molecule has 2 N–H and O–H groups in total. The first-order valence-electron chi connectivity index (χ1n) is 8.04. The highest BCUT2D eigenvalue weighted by molar-refractivity contribution is 7.99. The maximum atomic E-state index is 9.10.